The Balaban J connectivity index is 2.43. The molecule has 0 aliphatic heterocycles. The summed E-state index contributed by atoms with van der Waals surface area (Å²) in [6.45, 7) is 2.05. The zero-order chi connectivity index (χ0) is 13.1. The predicted molar refractivity (Wildman–Crippen MR) is 76.8 cm³/mol. The number of hydrogen-bond donors (Lipinski definition) is 2. The van der Waals surface area contributed by atoms with Gasteiger partial charge in [0.25, 0.3) is 0 Å². The standard InChI is InChI=1S/C12H14BrN5/c1-8-4-3-5-9(6-8)18(2)12-10(13)11(17-14)15-7-16-12/h3-7H,14H2,1-2H3,(H,15,16,17). The Morgan fingerprint density at radius 3 is 2.78 bits per heavy atom. The van der Waals surface area contributed by atoms with Gasteiger partial charge in [-0.25, -0.2) is 15.8 Å². The molecule has 3 N–H and O–H groups in total. The van der Waals surface area contributed by atoms with E-state index in [1.54, 1.807) is 0 Å². The van der Waals surface area contributed by atoms with Crippen molar-refractivity contribution in [3.05, 3.63) is 40.6 Å². The van der Waals surface area contributed by atoms with Crippen molar-refractivity contribution >= 4 is 33.3 Å². The smallest absolute Gasteiger partial charge is 0.159 e. The molecular weight excluding hydrogens is 294 g/mol. The fourth-order valence-corrected chi connectivity index (χ4v) is 2.24. The topological polar surface area (TPSA) is 67.1 Å². The van der Waals surface area contributed by atoms with E-state index in [0.29, 0.717) is 5.82 Å². The van der Waals surface area contributed by atoms with Gasteiger partial charge in [-0.15, -0.1) is 0 Å². The van der Waals surface area contributed by atoms with E-state index in [9.17, 15) is 0 Å². The highest BCUT2D eigenvalue weighted by atomic mass is 79.9. The summed E-state index contributed by atoms with van der Waals surface area (Å²) in [5.41, 5.74) is 4.78. The number of halogens is 1. The average Bonchev–Trinajstić information content (AvgIpc) is 2.38. The van der Waals surface area contributed by atoms with Gasteiger partial charge in [-0.2, -0.15) is 0 Å². The third-order valence-electron chi connectivity index (χ3n) is 2.61. The largest absolute Gasteiger partial charge is 0.328 e. The Morgan fingerprint density at radius 1 is 1.33 bits per heavy atom. The lowest BCUT2D eigenvalue weighted by Crippen LogP contribution is -2.15. The Bertz CT molecular complexity index is 558. The third kappa shape index (κ3) is 2.44. The van der Waals surface area contributed by atoms with Crippen LogP contribution in [0.1, 0.15) is 5.56 Å². The zero-order valence-corrected chi connectivity index (χ0v) is 11.8. The van der Waals surface area contributed by atoms with Gasteiger partial charge in [0, 0.05) is 12.7 Å². The first-order valence-electron chi connectivity index (χ1n) is 5.41. The first kappa shape index (κ1) is 12.8. The molecule has 0 fully saturated rings. The summed E-state index contributed by atoms with van der Waals surface area (Å²) in [4.78, 5) is 10.3. The van der Waals surface area contributed by atoms with Crippen LogP contribution < -0.4 is 16.2 Å². The quantitative estimate of drug-likeness (QED) is 0.674. The van der Waals surface area contributed by atoms with Crippen LogP contribution in [-0.4, -0.2) is 17.0 Å². The fourth-order valence-electron chi connectivity index (χ4n) is 1.65. The van der Waals surface area contributed by atoms with Crippen LogP contribution in [0.15, 0.2) is 35.1 Å². The fraction of sp³-hybridized carbons (Fsp3) is 0.167. The van der Waals surface area contributed by atoms with Crippen molar-refractivity contribution in [1.82, 2.24) is 9.97 Å². The van der Waals surface area contributed by atoms with Crippen LogP contribution in [-0.2, 0) is 0 Å². The van der Waals surface area contributed by atoms with Gasteiger partial charge in [-0.3, -0.25) is 0 Å². The molecule has 0 aliphatic carbocycles. The zero-order valence-electron chi connectivity index (χ0n) is 10.2. The molecule has 0 radical (unpaired) electrons. The number of benzene rings is 1. The summed E-state index contributed by atoms with van der Waals surface area (Å²) < 4.78 is 0.733. The summed E-state index contributed by atoms with van der Waals surface area (Å²) in [5, 5.41) is 0. The van der Waals surface area contributed by atoms with Crippen LogP contribution in [0.5, 0.6) is 0 Å². The molecule has 0 aliphatic rings. The first-order valence-corrected chi connectivity index (χ1v) is 6.20. The maximum Gasteiger partial charge on any atom is 0.159 e. The number of nitrogen functional groups attached to an aromatic ring is 1. The molecule has 0 saturated heterocycles. The van der Waals surface area contributed by atoms with Crippen LogP contribution in [0, 0.1) is 6.92 Å². The van der Waals surface area contributed by atoms with Gasteiger partial charge in [0.05, 0.1) is 0 Å². The lowest BCUT2D eigenvalue weighted by Gasteiger charge is -2.20. The van der Waals surface area contributed by atoms with Crippen molar-refractivity contribution in [2.45, 2.75) is 6.92 Å². The number of nitrogens with zero attached hydrogens (tertiary/aromatic N) is 3. The van der Waals surface area contributed by atoms with Crippen LogP contribution >= 0.6 is 15.9 Å². The summed E-state index contributed by atoms with van der Waals surface area (Å²) in [6.07, 6.45) is 1.47. The highest BCUT2D eigenvalue weighted by Crippen LogP contribution is 2.32. The Hall–Kier alpha value is -1.66. The molecule has 1 aromatic carbocycles. The predicted octanol–water partition coefficient (Wildman–Crippen LogP) is 2.60. The van der Waals surface area contributed by atoms with E-state index in [2.05, 4.69) is 50.4 Å². The van der Waals surface area contributed by atoms with Crippen molar-refractivity contribution in [2.24, 2.45) is 5.84 Å². The van der Waals surface area contributed by atoms with Crippen molar-refractivity contribution < 1.29 is 0 Å². The Morgan fingerprint density at radius 2 is 2.11 bits per heavy atom. The summed E-state index contributed by atoms with van der Waals surface area (Å²) in [6, 6.07) is 8.18. The van der Waals surface area contributed by atoms with E-state index < -0.39 is 0 Å². The number of nitrogens with one attached hydrogen (secondary N) is 1. The van der Waals surface area contributed by atoms with Gasteiger partial charge in [0.1, 0.15) is 10.8 Å². The normalized spacial score (nSPS) is 10.2. The van der Waals surface area contributed by atoms with Crippen LogP contribution in [0.25, 0.3) is 0 Å². The maximum absolute atomic E-state index is 5.39. The Kier molecular flexibility index (Phi) is 3.78. The molecule has 0 amide bonds. The van der Waals surface area contributed by atoms with E-state index >= 15 is 0 Å². The first-order chi connectivity index (χ1) is 8.63. The van der Waals surface area contributed by atoms with E-state index in [1.165, 1.54) is 11.9 Å². The maximum atomic E-state index is 5.39. The van der Waals surface area contributed by atoms with Crippen molar-refractivity contribution in [3.8, 4) is 0 Å². The second-order valence-electron chi connectivity index (χ2n) is 3.90. The number of anilines is 3. The number of nitrogens with two attached hydrogens (primary N) is 1. The number of hydrazine groups is 1. The van der Waals surface area contributed by atoms with Gasteiger partial charge in [0.2, 0.25) is 0 Å². The number of rotatable bonds is 3. The molecule has 0 bridgehead atoms. The van der Waals surface area contributed by atoms with Crippen molar-refractivity contribution in [3.63, 3.8) is 0 Å². The average molecular weight is 308 g/mol. The van der Waals surface area contributed by atoms with Gasteiger partial charge in [0.15, 0.2) is 11.6 Å². The molecule has 94 valence electrons. The van der Waals surface area contributed by atoms with E-state index in [1.807, 2.05) is 24.1 Å². The van der Waals surface area contributed by atoms with Crippen molar-refractivity contribution in [2.75, 3.05) is 17.4 Å². The summed E-state index contributed by atoms with van der Waals surface area (Å²) in [7, 11) is 1.95. The molecular formula is C12H14BrN5. The van der Waals surface area contributed by atoms with Gasteiger partial charge in [-0.1, -0.05) is 12.1 Å². The highest BCUT2D eigenvalue weighted by Gasteiger charge is 2.13. The Labute approximate surface area is 114 Å². The molecule has 0 unspecified atom stereocenters. The summed E-state index contributed by atoms with van der Waals surface area (Å²) >= 11 is 3.45. The van der Waals surface area contributed by atoms with Gasteiger partial charge in [-0.05, 0) is 40.5 Å². The molecule has 6 heteroatoms. The second kappa shape index (κ2) is 5.32. The van der Waals surface area contributed by atoms with Crippen LogP contribution in [0.2, 0.25) is 0 Å². The minimum absolute atomic E-state index is 0.555. The van der Waals surface area contributed by atoms with E-state index in [-0.39, 0.29) is 0 Å². The minimum Gasteiger partial charge on any atom is -0.328 e. The van der Waals surface area contributed by atoms with Gasteiger partial charge < -0.3 is 10.3 Å². The van der Waals surface area contributed by atoms with Crippen LogP contribution in [0.4, 0.5) is 17.3 Å². The van der Waals surface area contributed by atoms with E-state index in [0.717, 1.165) is 16.0 Å². The molecule has 0 spiro atoms. The SMILES string of the molecule is Cc1cccc(N(C)c2ncnc(NN)c2Br)c1. The molecule has 0 atom stereocenters. The second-order valence-corrected chi connectivity index (χ2v) is 4.70. The molecule has 18 heavy (non-hydrogen) atoms. The molecule has 5 nitrogen and oxygen atoms in total. The van der Waals surface area contributed by atoms with Crippen molar-refractivity contribution in [1.29, 1.82) is 0 Å². The monoisotopic (exact) mass is 307 g/mol. The summed E-state index contributed by atoms with van der Waals surface area (Å²) in [5.74, 6) is 6.70. The highest BCUT2D eigenvalue weighted by molar-refractivity contribution is 9.10. The molecule has 1 heterocycles. The molecule has 1 aromatic heterocycles. The molecule has 0 saturated carbocycles. The molecule has 2 rings (SSSR count). The van der Waals surface area contributed by atoms with Gasteiger partial charge >= 0.3 is 0 Å². The lowest BCUT2D eigenvalue weighted by molar-refractivity contribution is 1.06. The number of aryl methyl sites for hydroxylation is 1. The van der Waals surface area contributed by atoms with E-state index in [4.69, 9.17) is 5.84 Å². The minimum atomic E-state index is 0.555. The molecule has 2 aromatic rings. The lowest BCUT2D eigenvalue weighted by atomic mass is 10.2. The number of hydrogen-bond acceptors (Lipinski definition) is 5. The van der Waals surface area contributed by atoms with Crippen LogP contribution in [0.3, 0.4) is 0 Å². The number of aromatic nitrogens is 2. The third-order valence-corrected chi connectivity index (χ3v) is 3.34.